The quantitative estimate of drug-likeness (QED) is 0.658. The third-order valence-corrected chi connectivity index (χ3v) is 2.60. The molecule has 1 atom stereocenters. The smallest absolute Gasteiger partial charge is 0.336 e. The second-order valence-electron chi connectivity index (χ2n) is 4.05. The van der Waals surface area contributed by atoms with Crippen LogP contribution in [0.3, 0.4) is 0 Å². The third-order valence-electron chi connectivity index (χ3n) is 2.60. The number of carboxylic acid groups (broad SMARTS) is 1. The zero-order valence-corrected chi connectivity index (χ0v) is 8.16. The summed E-state index contributed by atoms with van der Waals surface area (Å²) < 4.78 is 0. The van der Waals surface area contributed by atoms with Gasteiger partial charge in [0, 0.05) is 19.6 Å². The van der Waals surface area contributed by atoms with E-state index in [1.54, 1.807) is 0 Å². The molecule has 1 saturated heterocycles. The lowest BCUT2D eigenvalue weighted by atomic mass is 9.95. The largest absolute Gasteiger partial charge is 0.479 e. The summed E-state index contributed by atoms with van der Waals surface area (Å²) in [5.74, 6) is -0.461. The van der Waals surface area contributed by atoms with Crippen molar-refractivity contribution in [3.8, 4) is 0 Å². The summed E-state index contributed by atoms with van der Waals surface area (Å²) in [5.41, 5.74) is -1.60. The van der Waals surface area contributed by atoms with Gasteiger partial charge in [0.05, 0.1) is 0 Å². The van der Waals surface area contributed by atoms with Crippen LogP contribution in [0.4, 0.5) is 0 Å². The lowest BCUT2D eigenvalue weighted by Crippen LogP contribution is -2.55. The summed E-state index contributed by atoms with van der Waals surface area (Å²) in [6.45, 7) is 5.53. The van der Waals surface area contributed by atoms with E-state index in [0.717, 1.165) is 19.5 Å². The van der Waals surface area contributed by atoms with Gasteiger partial charge in [-0.2, -0.15) is 0 Å². The van der Waals surface area contributed by atoms with Crippen LogP contribution in [0.1, 0.15) is 20.3 Å². The first-order valence-electron chi connectivity index (χ1n) is 4.64. The number of hydrogen-bond acceptors (Lipinski definition) is 3. The maximum atomic E-state index is 10.6. The molecule has 76 valence electrons. The zero-order chi connectivity index (χ0) is 10.1. The van der Waals surface area contributed by atoms with Crippen molar-refractivity contribution in [2.75, 3.05) is 19.6 Å². The number of likely N-dealkylation sites (tertiary alicyclic amines) is 1. The van der Waals surface area contributed by atoms with Crippen LogP contribution < -0.4 is 0 Å². The van der Waals surface area contributed by atoms with Gasteiger partial charge in [-0.3, -0.25) is 4.90 Å². The Labute approximate surface area is 78.2 Å². The first-order chi connectivity index (χ1) is 5.95. The van der Waals surface area contributed by atoms with E-state index < -0.39 is 11.6 Å². The molecule has 4 heteroatoms. The monoisotopic (exact) mass is 187 g/mol. The molecule has 1 aliphatic heterocycles. The van der Waals surface area contributed by atoms with Crippen LogP contribution in [0, 0.1) is 5.92 Å². The van der Waals surface area contributed by atoms with E-state index in [-0.39, 0.29) is 6.54 Å². The van der Waals surface area contributed by atoms with E-state index in [4.69, 9.17) is 5.11 Å². The Morgan fingerprint density at radius 1 is 1.62 bits per heavy atom. The van der Waals surface area contributed by atoms with Crippen molar-refractivity contribution >= 4 is 5.97 Å². The van der Waals surface area contributed by atoms with E-state index in [1.165, 1.54) is 6.92 Å². The molecule has 0 bridgehead atoms. The van der Waals surface area contributed by atoms with Crippen LogP contribution >= 0.6 is 0 Å². The Morgan fingerprint density at radius 2 is 2.15 bits per heavy atom. The highest BCUT2D eigenvalue weighted by Gasteiger charge is 2.36. The summed E-state index contributed by atoms with van der Waals surface area (Å²) in [6.07, 6.45) is 1.13. The fourth-order valence-corrected chi connectivity index (χ4v) is 1.57. The molecule has 1 aliphatic rings. The summed E-state index contributed by atoms with van der Waals surface area (Å²) in [6, 6.07) is 0. The molecule has 0 saturated carbocycles. The van der Waals surface area contributed by atoms with Crippen LogP contribution in [-0.2, 0) is 4.79 Å². The van der Waals surface area contributed by atoms with Gasteiger partial charge < -0.3 is 10.2 Å². The molecular weight excluding hydrogens is 170 g/mol. The molecular formula is C9H17NO3. The molecule has 2 N–H and O–H groups in total. The normalized spacial score (nSPS) is 23.6. The van der Waals surface area contributed by atoms with E-state index in [2.05, 4.69) is 6.92 Å². The second kappa shape index (κ2) is 3.64. The van der Waals surface area contributed by atoms with Crippen molar-refractivity contribution in [3.05, 3.63) is 0 Å². The van der Waals surface area contributed by atoms with Crippen molar-refractivity contribution < 1.29 is 15.0 Å². The minimum absolute atomic E-state index is 0.235. The molecule has 0 amide bonds. The number of β-amino-alcohol motifs (C(OH)–C–C–N with tert-alkyl or cyclic N) is 1. The Morgan fingerprint density at radius 3 is 2.54 bits per heavy atom. The summed E-state index contributed by atoms with van der Waals surface area (Å²) in [5, 5.41) is 18.1. The van der Waals surface area contributed by atoms with Gasteiger partial charge in [0.1, 0.15) is 0 Å². The first-order valence-corrected chi connectivity index (χ1v) is 4.64. The highest BCUT2D eigenvalue weighted by Crippen LogP contribution is 2.20. The average molecular weight is 187 g/mol. The van der Waals surface area contributed by atoms with Crippen molar-refractivity contribution in [1.29, 1.82) is 0 Å². The lowest BCUT2D eigenvalue weighted by Gasteiger charge is -2.41. The topological polar surface area (TPSA) is 60.8 Å². The van der Waals surface area contributed by atoms with E-state index in [0.29, 0.717) is 5.92 Å². The number of carboxylic acids is 1. The van der Waals surface area contributed by atoms with Gasteiger partial charge in [0.2, 0.25) is 0 Å². The minimum Gasteiger partial charge on any atom is -0.479 e. The third kappa shape index (κ3) is 2.42. The van der Waals surface area contributed by atoms with Gasteiger partial charge in [0.25, 0.3) is 0 Å². The molecule has 1 heterocycles. The molecule has 0 aromatic rings. The Kier molecular flexibility index (Phi) is 2.93. The van der Waals surface area contributed by atoms with Crippen molar-refractivity contribution in [2.24, 2.45) is 5.92 Å². The standard InChI is InChI=1S/C9H17NO3/c1-3-7-4-10(5-7)6-9(2,13)8(11)12/h7,13H,3-6H2,1-2H3,(H,11,12). The summed E-state index contributed by atoms with van der Waals surface area (Å²) in [7, 11) is 0. The number of nitrogens with zero attached hydrogens (tertiary/aromatic N) is 1. The van der Waals surface area contributed by atoms with Crippen LogP contribution in [-0.4, -0.2) is 46.3 Å². The lowest BCUT2D eigenvalue weighted by molar-refractivity contribution is -0.160. The van der Waals surface area contributed by atoms with Gasteiger partial charge >= 0.3 is 5.97 Å². The zero-order valence-electron chi connectivity index (χ0n) is 8.16. The highest BCUT2D eigenvalue weighted by atomic mass is 16.4. The van der Waals surface area contributed by atoms with Gasteiger partial charge in [-0.25, -0.2) is 4.79 Å². The molecule has 13 heavy (non-hydrogen) atoms. The molecule has 1 rings (SSSR count). The SMILES string of the molecule is CCC1CN(CC(C)(O)C(=O)O)C1. The number of aliphatic hydroxyl groups is 1. The Hall–Kier alpha value is -0.610. The maximum Gasteiger partial charge on any atom is 0.336 e. The number of carbonyl (C=O) groups is 1. The molecule has 0 aromatic heterocycles. The molecule has 0 radical (unpaired) electrons. The average Bonchev–Trinajstić information content (AvgIpc) is 1.95. The van der Waals surface area contributed by atoms with Gasteiger partial charge in [-0.05, 0) is 12.8 Å². The van der Waals surface area contributed by atoms with Crippen LogP contribution in [0.15, 0.2) is 0 Å². The fraction of sp³-hybridized carbons (Fsp3) is 0.889. The van der Waals surface area contributed by atoms with Crippen molar-refractivity contribution in [1.82, 2.24) is 4.90 Å². The first kappa shape index (κ1) is 10.5. The predicted octanol–water partition coefficient (Wildman–Crippen LogP) is 0.164. The predicted molar refractivity (Wildman–Crippen MR) is 48.5 cm³/mol. The number of hydrogen-bond donors (Lipinski definition) is 2. The number of rotatable bonds is 4. The van der Waals surface area contributed by atoms with Crippen LogP contribution in [0.5, 0.6) is 0 Å². The molecule has 1 fully saturated rings. The van der Waals surface area contributed by atoms with Crippen LogP contribution in [0.25, 0.3) is 0 Å². The summed E-state index contributed by atoms with van der Waals surface area (Å²) >= 11 is 0. The van der Waals surface area contributed by atoms with Crippen molar-refractivity contribution in [3.63, 3.8) is 0 Å². The maximum absolute atomic E-state index is 10.6. The molecule has 0 aliphatic carbocycles. The van der Waals surface area contributed by atoms with E-state index >= 15 is 0 Å². The number of aliphatic carboxylic acids is 1. The Balaban J connectivity index is 2.31. The van der Waals surface area contributed by atoms with Gasteiger partial charge in [-0.1, -0.05) is 13.3 Å². The molecule has 0 aromatic carbocycles. The van der Waals surface area contributed by atoms with Crippen molar-refractivity contribution in [2.45, 2.75) is 25.9 Å². The van der Waals surface area contributed by atoms with E-state index in [1.807, 2.05) is 4.90 Å². The summed E-state index contributed by atoms with van der Waals surface area (Å²) in [4.78, 5) is 12.5. The van der Waals surface area contributed by atoms with Crippen LogP contribution in [0.2, 0.25) is 0 Å². The fourth-order valence-electron chi connectivity index (χ4n) is 1.57. The minimum atomic E-state index is -1.60. The highest BCUT2D eigenvalue weighted by molar-refractivity contribution is 5.76. The van der Waals surface area contributed by atoms with E-state index in [9.17, 15) is 9.90 Å². The molecule has 4 nitrogen and oxygen atoms in total. The van der Waals surface area contributed by atoms with Gasteiger partial charge in [0.15, 0.2) is 5.60 Å². The molecule has 0 spiro atoms. The Bertz CT molecular complexity index is 197. The van der Waals surface area contributed by atoms with Gasteiger partial charge in [-0.15, -0.1) is 0 Å². The molecule has 1 unspecified atom stereocenters. The second-order valence-corrected chi connectivity index (χ2v) is 4.05.